The summed E-state index contributed by atoms with van der Waals surface area (Å²) in [5.74, 6) is 4.89. The molecule has 0 amide bonds. The highest BCUT2D eigenvalue weighted by atomic mass is 14.4. The van der Waals surface area contributed by atoms with Crippen molar-refractivity contribution >= 4 is 0 Å². The molecule has 2 fully saturated rings. The van der Waals surface area contributed by atoms with Crippen molar-refractivity contribution in [3.63, 3.8) is 0 Å². The van der Waals surface area contributed by atoms with Crippen LogP contribution in [0.25, 0.3) is 0 Å². The van der Waals surface area contributed by atoms with Crippen LogP contribution in [0.1, 0.15) is 71.6 Å². The molecule has 0 nitrogen and oxygen atoms in total. The van der Waals surface area contributed by atoms with Gasteiger partial charge in [-0.25, -0.2) is 0 Å². The van der Waals surface area contributed by atoms with E-state index in [1.54, 1.807) is 0 Å². The molecule has 0 heteroatoms. The van der Waals surface area contributed by atoms with E-state index in [1.807, 2.05) is 5.92 Å². The Bertz CT molecular complexity index is 172. The summed E-state index contributed by atoms with van der Waals surface area (Å²) in [5, 5.41) is 0. The van der Waals surface area contributed by atoms with Gasteiger partial charge in [0, 0.05) is 0 Å². The first-order valence-electron chi connectivity index (χ1n) is 7.16. The standard InChI is InChI=1S/C15H27/c1-3-15(14-10-6-7-11-14)12(2)13-8-4-5-9-13/h13-15H,3-11H2,1-2H3. The number of hydrogen-bond donors (Lipinski definition) is 0. The Hall–Kier alpha value is 0. The minimum Gasteiger partial charge on any atom is -0.0651 e. The average Bonchev–Trinajstić information content (AvgIpc) is 2.91. The molecule has 0 bridgehead atoms. The van der Waals surface area contributed by atoms with Gasteiger partial charge in [0.1, 0.15) is 0 Å². The third-order valence-electron chi connectivity index (χ3n) is 4.99. The second kappa shape index (κ2) is 5.37. The number of rotatable bonds is 4. The normalized spacial score (nSPS) is 26.6. The minimum absolute atomic E-state index is 0.968. The van der Waals surface area contributed by atoms with Gasteiger partial charge in [-0.1, -0.05) is 58.8 Å². The summed E-state index contributed by atoms with van der Waals surface area (Å²) in [4.78, 5) is 0. The zero-order valence-electron chi connectivity index (χ0n) is 10.6. The molecule has 1 radical (unpaired) electrons. The Balaban J connectivity index is 1.91. The van der Waals surface area contributed by atoms with Crippen molar-refractivity contribution in [1.29, 1.82) is 0 Å². The summed E-state index contributed by atoms with van der Waals surface area (Å²) in [7, 11) is 0. The van der Waals surface area contributed by atoms with E-state index in [0.29, 0.717) is 0 Å². The maximum atomic E-state index is 2.47. The van der Waals surface area contributed by atoms with E-state index in [-0.39, 0.29) is 0 Å². The highest BCUT2D eigenvalue weighted by Gasteiger charge is 2.33. The third-order valence-corrected chi connectivity index (χ3v) is 4.99. The summed E-state index contributed by atoms with van der Waals surface area (Å²) in [5.41, 5.74) is 0. The molecule has 2 aliphatic carbocycles. The molecule has 0 heterocycles. The molecular formula is C15H27. The minimum atomic E-state index is 0.968. The molecule has 2 rings (SSSR count). The van der Waals surface area contributed by atoms with Gasteiger partial charge in [-0.05, 0) is 36.5 Å². The van der Waals surface area contributed by atoms with Crippen LogP contribution in [0.5, 0.6) is 0 Å². The molecule has 0 aromatic heterocycles. The topological polar surface area (TPSA) is 0 Å². The van der Waals surface area contributed by atoms with Crippen LogP contribution in [0.3, 0.4) is 0 Å². The fourth-order valence-corrected chi connectivity index (χ4v) is 4.07. The third kappa shape index (κ3) is 2.57. The molecule has 2 saturated carbocycles. The Kier molecular flexibility index (Phi) is 4.11. The molecule has 1 unspecified atom stereocenters. The summed E-state index contributed by atoms with van der Waals surface area (Å²) in [6.45, 7) is 4.88. The van der Waals surface area contributed by atoms with Gasteiger partial charge in [0.2, 0.25) is 0 Å². The van der Waals surface area contributed by atoms with Gasteiger partial charge in [0.05, 0.1) is 0 Å². The zero-order valence-corrected chi connectivity index (χ0v) is 10.6. The van der Waals surface area contributed by atoms with Gasteiger partial charge in [-0.2, -0.15) is 0 Å². The van der Waals surface area contributed by atoms with Crippen LogP contribution in [0.15, 0.2) is 0 Å². The lowest BCUT2D eigenvalue weighted by atomic mass is 9.73. The van der Waals surface area contributed by atoms with Crippen molar-refractivity contribution in [2.45, 2.75) is 71.6 Å². The molecule has 0 spiro atoms. The van der Waals surface area contributed by atoms with Crippen LogP contribution < -0.4 is 0 Å². The summed E-state index contributed by atoms with van der Waals surface area (Å²) in [6, 6.07) is 0. The Labute approximate surface area is 95.8 Å². The largest absolute Gasteiger partial charge is 0.0651 e. The van der Waals surface area contributed by atoms with Crippen LogP contribution in [-0.4, -0.2) is 0 Å². The van der Waals surface area contributed by atoms with E-state index in [4.69, 9.17) is 0 Å². The summed E-state index contributed by atoms with van der Waals surface area (Å²) < 4.78 is 0. The Morgan fingerprint density at radius 2 is 1.53 bits per heavy atom. The smallest absolute Gasteiger partial charge is 0.0207 e. The SMILES string of the molecule is CCC([C](C)C1CCCC1)C1CCCC1. The molecule has 15 heavy (non-hydrogen) atoms. The van der Waals surface area contributed by atoms with E-state index in [0.717, 1.165) is 17.8 Å². The number of hydrogen-bond acceptors (Lipinski definition) is 0. The van der Waals surface area contributed by atoms with Crippen LogP contribution in [0.4, 0.5) is 0 Å². The molecule has 0 aliphatic heterocycles. The first-order chi connectivity index (χ1) is 7.33. The first-order valence-corrected chi connectivity index (χ1v) is 7.16. The van der Waals surface area contributed by atoms with Crippen molar-refractivity contribution < 1.29 is 0 Å². The fraction of sp³-hybridized carbons (Fsp3) is 0.933. The van der Waals surface area contributed by atoms with Crippen molar-refractivity contribution in [2.75, 3.05) is 0 Å². The van der Waals surface area contributed by atoms with E-state index in [9.17, 15) is 0 Å². The molecule has 0 N–H and O–H groups in total. The van der Waals surface area contributed by atoms with Gasteiger partial charge < -0.3 is 0 Å². The summed E-state index contributed by atoms with van der Waals surface area (Å²) in [6.07, 6.45) is 13.4. The van der Waals surface area contributed by atoms with Gasteiger partial charge in [0.15, 0.2) is 0 Å². The molecule has 0 aromatic rings. The van der Waals surface area contributed by atoms with E-state index in [1.165, 1.54) is 57.8 Å². The monoisotopic (exact) mass is 207 g/mol. The van der Waals surface area contributed by atoms with Crippen LogP contribution in [-0.2, 0) is 0 Å². The quantitative estimate of drug-likeness (QED) is 0.609. The van der Waals surface area contributed by atoms with Crippen LogP contribution in [0, 0.1) is 23.7 Å². The molecule has 87 valence electrons. The lowest BCUT2D eigenvalue weighted by molar-refractivity contribution is 0.299. The van der Waals surface area contributed by atoms with E-state index in [2.05, 4.69) is 13.8 Å². The maximum Gasteiger partial charge on any atom is -0.0207 e. The van der Waals surface area contributed by atoms with Crippen LogP contribution in [0.2, 0.25) is 0 Å². The predicted octanol–water partition coefficient (Wildman–Crippen LogP) is 4.99. The van der Waals surface area contributed by atoms with Crippen molar-refractivity contribution in [2.24, 2.45) is 17.8 Å². The van der Waals surface area contributed by atoms with Gasteiger partial charge in [0.25, 0.3) is 0 Å². The Morgan fingerprint density at radius 1 is 1.00 bits per heavy atom. The van der Waals surface area contributed by atoms with Crippen LogP contribution >= 0.6 is 0 Å². The molecule has 1 atom stereocenters. The second-order valence-corrected chi connectivity index (χ2v) is 5.78. The summed E-state index contributed by atoms with van der Waals surface area (Å²) >= 11 is 0. The second-order valence-electron chi connectivity index (χ2n) is 5.78. The first kappa shape index (κ1) is 11.5. The molecule has 0 saturated heterocycles. The van der Waals surface area contributed by atoms with Gasteiger partial charge in [-0.3, -0.25) is 0 Å². The molecular weight excluding hydrogens is 180 g/mol. The predicted molar refractivity (Wildman–Crippen MR) is 66.6 cm³/mol. The highest BCUT2D eigenvalue weighted by molar-refractivity contribution is 5.02. The van der Waals surface area contributed by atoms with Crippen molar-refractivity contribution in [3.05, 3.63) is 5.92 Å². The van der Waals surface area contributed by atoms with Crippen molar-refractivity contribution in [1.82, 2.24) is 0 Å². The average molecular weight is 207 g/mol. The molecule has 0 aromatic carbocycles. The fourth-order valence-electron chi connectivity index (χ4n) is 4.07. The van der Waals surface area contributed by atoms with Crippen molar-refractivity contribution in [3.8, 4) is 0 Å². The highest BCUT2D eigenvalue weighted by Crippen LogP contribution is 2.44. The van der Waals surface area contributed by atoms with Gasteiger partial charge >= 0.3 is 0 Å². The molecule has 2 aliphatic rings. The zero-order chi connectivity index (χ0) is 10.7. The Morgan fingerprint density at radius 3 is 2.07 bits per heavy atom. The van der Waals surface area contributed by atoms with E-state index < -0.39 is 0 Å². The lowest BCUT2D eigenvalue weighted by Crippen LogP contribution is -2.22. The maximum absolute atomic E-state index is 2.47. The van der Waals surface area contributed by atoms with Gasteiger partial charge in [-0.15, -0.1) is 0 Å². The lowest BCUT2D eigenvalue weighted by Gasteiger charge is -2.32. The van der Waals surface area contributed by atoms with E-state index >= 15 is 0 Å².